The fraction of sp³-hybridized carbons (Fsp3) is 0.400. The average molecular weight is 164 g/mol. The molecule has 0 spiro atoms. The number of aryl methyl sites for hydroxylation is 1. The van der Waals surface area contributed by atoms with Crippen LogP contribution in [0.25, 0.3) is 0 Å². The smallest absolute Gasteiger partial charge is 0.118 e. The van der Waals surface area contributed by atoms with Crippen molar-refractivity contribution in [2.45, 2.75) is 12.8 Å². The standard InChI is InChI=1S/C10H14NO/c1-12-10-6-4-9(5-7-10)3-2-8-11/h4-7,11H,2-3,8H2,1H3. The van der Waals surface area contributed by atoms with Crippen molar-refractivity contribution in [3.63, 3.8) is 0 Å². The number of nitrogens with one attached hydrogen (secondary N) is 1. The number of methoxy groups -OCH3 is 1. The van der Waals surface area contributed by atoms with Gasteiger partial charge in [-0.1, -0.05) is 12.1 Å². The van der Waals surface area contributed by atoms with E-state index in [-0.39, 0.29) is 0 Å². The summed E-state index contributed by atoms with van der Waals surface area (Å²) in [6.07, 6.45) is 1.93. The first-order valence-corrected chi connectivity index (χ1v) is 4.14. The van der Waals surface area contributed by atoms with E-state index >= 15 is 0 Å². The molecule has 0 aliphatic carbocycles. The van der Waals surface area contributed by atoms with Gasteiger partial charge < -0.3 is 4.74 Å². The van der Waals surface area contributed by atoms with Crippen molar-refractivity contribution in [1.82, 2.24) is 5.73 Å². The molecule has 65 valence electrons. The van der Waals surface area contributed by atoms with Crippen molar-refractivity contribution in [3.05, 3.63) is 29.8 Å². The van der Waals surface area contributed by atoms with E-state index in [1.54, 1.807) is 7.11 Å². The van der Waals surface area contributed by atoms with Crippen LogP contribution in [-0.4, -0.2) is 13.7 Å². The predicted molar refractivity (Wildman–Crippen MR) is 49.3 cm³/mol. The van der Waals surface area contributed by atoms with Gasteiger partial charge in [0.1, 0.15) is 5.75 Å². The summed E-state index contributed by atoms with van der Waals surface area (Å²) in [5.74, 6) is 0.893. The molecule has 0 saturated heterocycles. The summed E-state index contributed by atoms with van der Waals surface area (Å²) in [5.41, 5.74) is 8.29. The molecular weight excluding hydrogens is 150 g/mol. The van der Waals surface area contributed by atoms with E-state index in [4.69, 9.17) is 10.5 Å². The first kappa shape index (κ1) is 9.07. The molecule has 0 aromatic heterocycles. The summed E-state index contributed by atoms with van der Waals surface area (Å²) in [4.78, 5) is 0. The van der Waals surface area contributed by atoms with Gasteiger partial charge in [0.25, 0.3) is 0 Å². The minimum Gasteiger partial charge on any atom is -0.497 e. The Bertz CT molecular complexity index is 218. The van der Waals surface area contributed by atoms with Gasteiger partial charge in [-0.3, -0.25) is 5.73 Å². The van der Waals surface area contributed by atoms with Crippen molar-refractivity contribution in [1.29, 1.82) is 0 Å². The Morgan fingerprint density at radius 2 is 1.92 bits per heavy atom. The predicted octanol–water partition coefficient (Wildman–Crippen LogP) is 1.91. The molecule has 2 heteroatoms. The Morgan fingerprint density at radius 1 is 1.25 bits per heavy atom. The molecule has 0 bridgehead atoms. The lowest BCUT2D eigenvalue weighted by molar-refractivity contribution is 0.414. The van der Waals surface area contributed by atoms with Gasteiger partial charge in [-0.15, -0.1) is 0 Å². The molecule has 0 fully saturated rings. The van der Waals surface area contributed by atoms with Crippen LogP contribution in [0.4, 0.5) is 0 Å². The highest BCUT2D eigenvalue weighted by atomic mass is 16.5. The highest BCUT2D eigenvalue weighted by Crippen LogP contribution is 2.12. The molecule has 1 N–H and O–H groups in total. The summed E-state index contributed by atoms with van der Waals surface area (Å²) in [5, 5.41) is 0. The molecule has 1 aromatic carbocycles. The molecule has 0 saturated carbocycles. The quantitative estimate of drug-likeness (QED) is 0.669. The van der Waals surface area contributed by atoms with Crippen LogP contribution in [0.2, 0.25) is 0 Å². The first-order chi connectivity index (χ1) is 5.86. The maximum atomic E-state index is 7.01. The highest BCUT2D eigenvalue weighted by molar-refractivity contribution is 5.27. The number of rotatable bonds is 4. The molecule has 1 aromatic rings. The van der Waals surface area contributed by atoms with Crippen molar-refractivity contribution >= 4 is 0 Å². The van der Waals surface area contributed by atoms with E-state index < -0.39 is 0 Å². The maximum absolute atomic E-state index is 7.01. The molecule has 2 nitrogen and oxygen atoms in total. The van der Waals surface area contributed by atoms with Crippen LogP contribution in [0.15, 0.2) is 24.3 Å². The van der Waals surface area contributed by atoms with Gasteiger partial charge in [0.15, 0.2) is 0 Å². The zero-order valence-electron chi connectivity index (χ0n) is 7.34. The molecule has 1 radical (unpaired) electrons. The Kier molecular flexibility index (Phi) is 3.61. The Morgan fingerprint density at radius 3 is 2.42 bits per heavy atom. The van der Waals surface area contributed by atoms with E-state index in [0.29, 0.717) is 6.54 Å². The van der Waals surface area contributed by atoms with E-state index in [9.17, 15) is 0 Å². The normalized spacial score (nSPS) is 9.83. The maximum Gasteiger partial charge on any atom is 0.118 e. The molecule has 12 heavy (non-hydrogen) atoms. The number of ether oxygens (including phenoxy) is 1. The Labute approximate surface area is 73.3 Å². The fourth-order valence-electron chi connectivity index (χ4n) is 1.08. The van der Waals surface area contributed by atoms with Crippen LogP contribution in [0.3, 0.4) is 0 Å². The second kappa shape index (κ2) is 4.78. The molecule has 0 unspecified atom stereocenters. The summed E-state index contributed by atoms with van der Waals surface area (Å²) >= 11 is 0. The molecule has 0 atom stereocenters. The lowest BCUT2D eigenvalue weighted by Gasteiger charge is -2.01. The largest absolute Gasteiger partial charge is 0.497 e. The van der Waals surface area contributed by atoms with Gasteiger partial charge >= 0.3 is 0 Å². The van der Waals surface area contributed by atoms with Crippen LogP contribution < -0.4 is 10.5 Å². The summed E-state index contributed by atoms with van der Waals surface area (Å²) in [7, 11) is 1.67. The second-order valence-electron chi connectivity index (χ2n) is 2.70. The third kappa shape index (κ3) is 2.55. The fourth-order valence-corrected chi connectivity index (χ4v) is 1.08. The van der Waals surface area contributed by atoms with Gasteiger partial charge in [-0.25, -0.2) is 0 Å². The van der Waals surface area contributed by atoms with Crippen molar-refractivity contribution < 1.29 is 4.74 Å². The summed E-state index contributed by atoms with van der Waals surface area (Å²) in [6, 6.07) is 8.02. The van der Waals surface area contributed by atoms with Gasteiger partial charge in [-0.05, 0) is 30.5 Å². The van der Waals surface area contributed by atoms with Crippen LogP contribution in [0, 0.1) is 0 Å². The van der Waals surface area contributed by atoms with Gasteiger partial charge in [-0.2, -0.15) is 0 Å². The van der Waals surface area contributed by atoms with E-state index in [0.717, 1.165) is 18.6 Å². The van der Waals surface area contributed by atoms with Crippen molar-refractivity contribution in [2.75, 3.05) is 13.7 Å². The third-order valence-electron chi connectivity index (χ3n) is 1.80. The minimum absolute atomic E-state index is 0.506. The zero-order chi connectivity index (χ0) is 8.81. The van der Waals surface area contributed by atoms with Crippen LogP contribution in [0.5, 0.6) is 5.75 Å². The molecule has 0 aliphatic heterocycles. The average Bonchev–Trinajstić information content (AvgIpc) is 2.15. The van der Waals surface area contributed by atoms with Gasteiger partial charge in [0, 0.05) is 6.54 Å². The molecule has 1 rings (SSSR count). The monoisotopic (exact) mass is 164 g/mol. The van der Waals surface area contributed by atoms with Crippen molar-refractivity contribution in [3.8, 4) is 5.75 Å². The van der Waals surface area contributed by atoms with Gasteiger partial charge in [0.2, 0.25) is 0 Å². The Balaban J connectivity index is 2.53. The third-order valence-corrected chi connectivity index (χ3v) is 1.80. The lowest BCUT2D eigenvalue weighted by Crippen LogP contribution is -1.90. The summed E-state index contributed by atoms with van der Waals surface area (Å²) in [6.45, 7) is 0.506. The molecular formula is C10H14NO. The number of benzene rings is 1. The molecule has 0 aliphatic rings. The number of hydrogen-bond donors (Lipinski definition) is 0. The van der Waals surface area contributed by atoms with Gasteiger partial charge in [0.05, 0.1) is 7.11 Å². The second-order valence-corrected chi connectivity index (χ2v) is 2.70. The van der Waals surface area contributed by atoms with Crippen molar-refractivity contribution in [2.24, 2.45) is 0 Å². The Hall–Kier alpha value is -1.02. The first-order valence-electron chi connectivity index (χ1n) is 4.14. The topological polar surface area (TPSA) is 33.0 Å². The SMILES string of the molecule is COc1ccc(CCC[NH])cc1. The molecule has 0 heterocycles. The van der Waals surface area contributed by atoms with E-state index in [1.165, 1.54) is 5.56 Å². The highest BCUT2D eigenvalue weighted by Gasteiger charge is 1.92. The van der Waals surface area contributed by atoms with Crippen LogP contribution in [0.1, 0.15) is 12.0 Å². The summed E-state index contributed by atoms with van der Waals surface area (Å²) < 4.78 is 5.04. The molecule has 0 amide bonds. The van der Waals surface area contributed by atoms with Crippen LogP contribution >= 0.6 is 0 Å². The van der Waals surface area contributed by atoms with E-state index in [2.05, 4.69) is 12.1 Å². The zero-order valence-corrected chi connectivity index (χ0v) is 7.34. The van der Waals surface area contributed by atoms with E-state index in [1.807, 2.05) is 12.1 Å². The lowest BCUT2D eigenvalue weighted by atomic mass is 10.1. The van der Waals surface area contributed by atoms with Crippen LogP contribution in [-0.2, 0) is 6.42 Å². The number of hydrogen-bond acceptors (Lipinski definition) is 1. The minimum atomic E-state index is 0.506.